The Hall–Kier alpha value is -1.97. The fraction of sp³-hybridized carbons (Fsp3) is 0.261. The van der Waals surface area contributed by atoms with Crippen molar-refractivity contribution in [3.8, 4) is 0 Å². The second-order valence-corrected chi connectivity index (χ2v) is 8.58. The van der Waals surface area contributed by atoms with Crippen molar-refractivity contribution < 1.29 is 4.79 Å². The molecule has 3 aromatic carbocycles. The summed E-state index contributed by atoms with van der Waals surface area (Å²) in [6, 6.07) is 22.5. The van der Waals surface area contributed by atoms with E-state index in [0.29, 0.717) is 11.7 Å². The number of halogens is 1. The van der Waals surface area contributed by atoms with Crippen molar-refractivity contribution in [1.29, 1.82) is 0 Å². The number of benzene rings is 3. The van der Waals surface area contributed by atoms with Crippen LogP contribution in [-0.2, 0) is 11.2 Å². The van der Waals surface area contributed by atoms with Gasteiger partial charge in [0.05, 0.1) is 6.42 Å². The zero-order valence-electron chi connectivity index (χ0n) is 15.1. The van der Waals surface area contributed by atoms with E-state index in [9.17, 15) is 4.79 Å². The van der Waals surface area contributed by atoms with Crippen LogP contribution in [0.4, 0.5) is 0 Å². The number of thioether (sulfide) groups is 1. The molecule has 1 fully saturated rings. The molecule has 4 rings (SSSR count). The molecule has 1 saturated heterocycles. The van der Waals surface area contributed by atoms with Crippen LogP contribution < -0.4 is 0 Å². The summed E-state index contributed by atoms with van der Waals surface area (Å²) in [7, 11) is 0. The molecule has 0 aliphatic carbocycles. The Morgan fingerprint density at radius 1 is 1.00 bits per heavy atom. The monoisotopic (exact) mass is 395 g/mol. The molecule has 27 heavy (non-hydrogen) atoms. The first-order valence-corrected chi connectivity index (χ1v) is 10.8. The van der Waals surface area contributed by atoms with Crippen LogP contribution in [0.3, 0.4) is 0 Å². The molecule has 3 aromatic rings. The third kappa shape index (κ3) is 4.15. The maximum atomic E-state index is 13.0. The molecule has 0 N–H and O–H groups in total. The van der Waals surface area contributed by atoms with Gasteiger partial charge in [0.25, 0.3) is 0 Å². The molecule has 1 unspecified atom stereocenters. The topological polar surface area (TPSA) is 20.3 Å². The average molecular weight is 396 g/mol. The van der Waals surface area contributed by atoms with E-state index >= 15 is 0 Å². The predicted octanol–water partition coefficient (Wildman–Crippen LogP) is 5.74. The molecule has 0 saturated carbocycles. The fourth-order valence-electron chi connectivity index (χ4n) is 3.73. The van der Waals surface area contributed by atoms with Gasteiger partial charge in [-0.05, 0) is 34.4 Å². The van der Waals surface area contributed by atoms with Gasteiger partial charge < -0.3 is 4.90 Å². The van der Waals surface area contributed by atoms with Crippen LogP contribution in [0.15, 0.2) is 66.7 Å². The third-order valence-corrected chi connectivity index (χ3v) is 6.82. The summed E-state index contributed by atoms with van der Waals surface area (Å²) in [5.74, 6) is 1.16. The third-order valence-electron chi connectivity index (χ3n) is 5.17. The predicted molar refractivity (Wildman–Crippen MR) is 116 cm³/mol. The van der Waals surface area contributed by atoms with Crippen LogP contribution in [0.1, 0.15) is 22.8 Å². The summed E-state index contributed by atoms with van der Waals surface area (Å²) in [5, 5.41) is 3.54. The highest BCUT2D eigenvalue weighted by Crippen LogP contribution is 2.37. The molecule has 1 aliphatic rings. The number of nitrogens with zero attached hydrogens (tertiary/aromatic N) is 1. The molecule has 0 radical (unpaired) electrons. The van der Waals surface area contributed by atoms with Gasteiger partial charge in [0, 0.05) is 29.1 Å². The van der Waals surface area contributed by atoms with Gasteiger partial charge in [-0.15, -0.1) is 0 Å². The standard InChI is InChI=1S/C23H22ClNOS/c24-21-11-4-3-10-20(21)22-12-13-25(14-15-27-22)23(26)16-18-8-5-7-17-6-1-2-9-19(17)18/h1-11,22H,12-16H2. The minimum atomic E-state index is 0.215. The highest BCUT2D eigenvalue weighted by molar-refractivity contribution is 7.99. The zero-order valence-corrected chi connectivity index (χ0v) is 16.7. The molecule has 1 aliphatic heterocycles. The number of carbonyl (C=O) groups excluding carboxylic acids is 1. The molecule has 1 atom stereocenters. The average Bonchev–Trinajstić information content (AvgIpc) is 2.95. The summed E-state index contributed by atoms with van der Waals surface area (Å²) in [6.45, 7) is 1.59. The van der Waals surface area contributed by atoms with Gasteiger partial charge >= 0.3 is 0 Å². The largest absolute Gasteiger partial charge is 0.342 e. The van der Waals surface area contributed by atoms with Crippen LogP contribution in [0.2, 0.25) is 5.02 Å². The molecule has 4 heteroatoms. The van der Waals surface area contributed by atoms with Gasteiger partial charge in [0.2, 0.25) is 5.91 Å². The summed E-state index contributed by atoms with van der Waals surface area (Å²) in [6.07, 6.45) is 1.40. The second-order valence-electron chi connectivity index (χ2n) is 6.87. The first-order valence-electron chi connectivity index (χ1n) is 9.33. The first kappa shape index (κ1) is 18.4. The molecule has 1 heterocycles. The number of carbonyl (C=O) groups is 1. The van der Waals surface area contributed by atoms with E-state index in [2.05, 4.69) is 30.3 Å². The van der Waals surface area contributed by atoms with Gasteiger partial charge in [-0.25, -0.2) is 0 Å². The van der Waals surface area contributed by atoms with Crippen LogP contribution >= 0.6 is 23.4 Å². The molecule has 0 spiro atoms. The van der Waals surface area contributed by atoms with Gasteiger partial charge in [-0.2, -0.15) is 11.8 Å². The number of hydrogen-bond donors (Lipinski definition) is 0. The lowest BCUT2D eigenvalue weighted by Crippen LogP contribution is -2.34. The van der Waals surface area contributed by atoms with Crippen LogP contribution in [0.25, 0.3) is 10.8 Å². The summed E-state index contributed by atoms with van der Waals surface area (Å²) >= 11 is 8.28. The zero-order chi connectivity index (χ0) is 18.6. The first-order chi connectivity index (χ1) is 13.2. The lowest BCUT2D eigenvalue weighted by molar-refractivity contribution is -0.130. The van der Waals surface area contributed by atoms with Gasteiger partial charge in [-0.1, -0.05) is 72.3 Å². The number of amides is 1. The summed E-state index contributed by atoms with van der Waals surface area (Å²) in [5.41, 5.74) is 2.30. The SMILES string of the molecule is O=C(Cc1cccc2ccccc12)N1CCSC(c2ccccc2Cl)CC1. The van der Waals surface area contributed by atoms with Crippen LogP contribution in [0.5, 0.6) is 0 Å². The Morgan fingerprint density at radius 3 is 2.67 bits per heavy atom. The quantitative estimate of drug-likeness (QED) is 0.563. The highest BCUT2D eigenvalue weighted by Gasteiger charge is 2.23. The van der Waals surface area contributed by atoms with Crippen molar-refractivity contribution in [2.24, 2.45) is 0 Å². The molecule has 2 nitrogen and oxygen atoms in total. The Bertz CT molecular complexity index is 953. The molecule has 0 aromatic heterocycles. The summed E-state index contributed by atoms with van der Waals surface area (Å²) in [4.78, 5) is 15.0. The van der Waals surface area contributed by atoms with Crippen molar-refractivity contribution in [2.75, 3.05) is 18.8 Å². The van der Waals surface area contributed by atoms with Gasteiger partial charge in [0.1, 0.15) is 0 Å². The maximum absolute atomic E-state index is 13.0. The Labute approximate surface area is 169 Å². The van der Waals surface area contributed by atoms with Crippen molar-refractivity contribution in [2.45, 2.75) is 18.1 Å². The minimum Gasteiger partial charge on any atom is -0.342 e. The van der Waals surface area contributed by atoms with Crippen molar-refractivity contribution >= 4 is 40.0 Å². The van der Waals surface area contributed by atoms with E-state index in [1.54, 1.807) is 0 Å². The van der Waals surface area contributed by atoms with E-state index in [1.165, 1.54) is 16.3 Å². The Balaban J connectivity index is 1.46. The van der Waals surface area contributed by atoms with Crippen molar-refractivity contribution in [3.63, 3.8) is 0 Å². The summed E-state index contributed by atoms with van der Waals surface area (Å²) < 4.78 is 0. The van der Waals surface area contributed by atoms with Crippen LogP contribution in [0, 0.1) is 0 Å². The Morgan fingerprint density at radius 2 is 1.78 bits per heavy atom. The van der Waals surface area contributed by atoms with E-state index in [0.717, 1.165) is 35.8 Å². The Kier molecular flexibility index (Phi) is 5.70. The number of rotatable bonds is 3. The minimum absolute atomic E-state index is 0.215. The van der Waals surface area contributed by atoms with E-state index in [1.807, 2.05) is 53.1 Å². The van der Waals surface area contributed by atoms with E-state index in [4.69, 9.17) is 11.6 Å². The van der Waals surface area contributed by atoms with E-state index < -0.39 is 0 Å². The van der Waals surface area contributed by atoms with Crippen LogP contribution in [-0.4, -0.2) is 29.6 Å². The number of fused-ring (bicyclic) bond motifs is 1. The molecule has 138 valence electrons. The number of hydrogen-bond acceptors (Lipinski definition) is 2. The normalized spacial score (nSPS) is 17.7. The smallest absolute Gasteiger partial charge is 0.227 e. The molecule has 0 bridgehead atoms. The van der Waals surface area contributed by atoms with Crippen molar-refractivity contribution in [3.05, 3.63) is 82.9 Å². The highest BCUT2D eigenvalue weighted by atomic mass is 35.5. The lowest BCUT2D eigenvalue weighted by atomic mass is 10.0. The lowest BCUT2D eigenvalue weighted by Gasteiger charge is -2.21. The van der Waals surface area contributed by atoms with Gasteiger partial charge in [0.15, 0.2) is 0 Å². The fourth-order valence-corrected chi connectivity index (χ4v) is 5.33. The molecule has 1 amide bonds. The molecular formula is C23H22ClNOS. The van der Waals surface area contributed by atoms with E-state index in [-0.39, 0.29) is 5.91 Å². The second kappa shape index (κ2) is 8.37. The van der Waals surface area contributed by atoms with Crippen molar-refractivity contribution in [1.82, 2.24) is 4.90 Å². The maximum Gasteiger partial charge on any atom is 0.227 e. The molecular weight excluding hydrogens is 374 g/mol. The van der Waals surface area contributed by atoms with Gasteiger partial charge in [-0.3, -0.25) is 4.79 Å².